The SMILES string of the molecule is CC(=O)Nc1cc(Nc2ccnc(C(C)(F)F)n2)c(-c2cccc(C(C)(C)C#N)n2)cn1. The highest BCUT2D eigenvalue weighted by molar-refractivity contribution is 5.89. The van der Waals surface area contributed by atoms with E-state index in [4.69, 9.17) is 0 Å². The number of nitrogens with zero attached hydrogens (tertiary/aromatic N) is 5. The van der Waals surface area contributed by atoms with E-state index >= 15 is 0 Å². The Labute approximate surface area is 183 Å². The third-order valence-electron chi connectivity index (χ3n) is 4.46. The Morgan fingerprint density at radius 1 is 1.09 bits per heavy atom. The van der Waals surface area contributed by atoms with Crippen molar-refractivity contribution in [1.82, 2.24) is 19.9 Å². The normalized spacial score (nSPS) is 11.5. The molecular weight excluding hydrogens is 416 g/mol. The van der Waals surface area contributed by atoms with Gasteiger partial charge in [-0.25, -0.2) is 15.0 Å². The molecule has 3 aromatic heterocycles. The first-order valence-electron chi connectivity index (χ1n) is 9.65. The zero-order valence-corrected chi connectivity index (χ0v) is 17.9. The fourth-order valence-corrected chi connectivity index (χ4v) is 2.78. The molecule has 0 saturated carbocycles. The summed E-state index contributed by atoms with van der Waals surface area (Å²) >= 11 is 0. The highest BCUT2D eigenvalue weighted by atomic mass is 19.3. The third kappa shape index (κ3) is 5.18. The Kier molecular flexibility index (Phi) is 6.11. The van der Waals surface area contributed by atoms with Gasteiger partial charge in [0.25, 0.3) is 0 Å². The van der Waals surface area contributed by atoms with Gasteiger partial charge in [-0.2, -0.15) is 14.0 Å². The van der Waals surface area contributed by atoms with Crippen molar-refractivity contribution in [1.29, 1.82) is 5.26 Å². The number of nitrogens with one attached hydrogen (secondary N) is 2. The zero-order valence-electron chi connectivity index (χ0n) is 17.9. The summed E-state index contributed by atoms with van der Waals surface area (Å²) in [5, 5.41) is 15.0. The van der Waals surface area contributed by atoms with Crippen molar-refractivity contribution in [2.75, 3.05) is 10.6 Å². The number of anilines is 3. The highest BCUT2D eigenvalue weighted by Crippen LogP contribution is 2.32. The van der Waals surface area contributed by atoms with Crippen LogP contribution in [0.15, 0.2) is 42.7 Å². The Hall–Kier alpha value is -4.00. The lowest BCUT2D eigenvalue weighted by Crippen LogP contribution is -2.16. The number of carbonyl (C=O) groups excluding carboxylic acids is 1. The molecule has 0 unspecified atom stereocenters. The summed E-state index contributed by atoms with van der Waals surface area (Å²) in [4.78, 5) is 27.8. The van der Waals surface area contributed by atoms with Crippen molar-refractivity contribution >= 4 is 23.2 Å². The molecule has 0 aliphatic rings. The van der Waals surface area contributed by atoms with Gasteiger partial charge in [-0.15, -0.1) is 0 Å². The van der Waals surface area contributed by atoms with Crippen LogP contribution in [0.25, 0.3) is 11.3 Å². The summed E-state index contributed by atoms with van der Waals surface area (Å²) in [6.45, 7) is 5.57. The van der Waals surface area contributed by atoms with Crippen LogP contribution in [0.1, 0.15) is 39.2 Å². The van der Waals surface area contributed by atoms with E-state index in [0.29, 0.717) is 29.6 Å². The smallest absolute Gasteiger partial charge is 0.303 e. The van der Waals surface area contributed by atoms with Gasteiger partial charge in [0.15, 0.2) is 0 Å². The van der Waals surface area contributed by atoms with Gasteiger partial charge in [0.05, 0.1) is 28.6 Å². The fourth-order valence-electron chi connectivity index (χ4n) is 2.78. The van der Waals surface area contributed by atoms with Crippen LogP contribution in [0.5, 0.6) is 0 Å². The minimum atomic E-state index is -3.21. The molecule has 10 heteroatoms. The van der Waals surface area contributed by atoms with E-state index in [-0.39, 0.29) is 17.5 Å². The van der Waals surface area contributed by atoms with Crippen LogP contribution in [-0.4, -0.2) is 25.8 Å². The molecule has 3 aromatic rings. The fraction of sp³-hybridized carbons (Fsp3) is 0.273. The average Bonchev–Trinajstić information content (AvgIpc) is 2.73. The number of hydrogen-bond acceptors (Lipinski definition) is 7. The lowest BCUT2D eigenvalue weighted by atomic mass is 9.90. The molecule has 3 heterocycles. The van der Waals surface area contributed by atoms with Crippen LogP contribution in [0.2, 0.25) is 0 Å². The molecule has 0 aliphatic carbocycles. The first-order valence-corrected chi connectivity index (χ1v) is 9.65. The number of pyridine rings is 2. The van der Waals surface area contributed by atoms with Gasteiger partial charge in [-0.3, -0.25) is 9.78 Å². The minimum Gasteiger partial charge on any atom is -0.339 e. The topological polar surface area (TPSA) is 116 Å². The number of amides is 1. The van der Waals surface area contributed by atoms with Gasteiger partial charge in [-0.1, -0.05) is 6.07 Å². The molecule has 0 fully saturated rings. The molecule has 0 aliphatic heterocycles. The predicted molar refractivity (Wildman–Crippen MR) is 115 cm³/mol. The molecule has 1 amide bonds. The standard InChI is InChI=1S/C22H21F2N7O/c1-13(32)28-19-10-16(30-18-8-9-26-20(31-18)22(4,23)24)14(11-27-19)15-6-5-7-17(29-15)21(2,3)12-25/h5-11H,1-4H3,(H2,26,27,28,30,31,32). The minimum absolute atomic E-state index is 0.131. The van der Waals surface area contributed by atoms with Crippen LogP contribution >= 0.6 is 0 Å². The molecule has 0 saturated heterocycles. The van der Waals surface area contributed by atoms with Crippen molar-refractivity contribution in [3.63, 3.8) is 0 Å². The molecule has 8 nitrogen and oxygen atoms in total. The van der Waals surface area contributed by atoms with Gasteiger partial charge in [0, 0.05) is 37.9 Å². The van der Waals surface area contributed by atoms with Gasteiger partial charge < -0.3 is 10.6 Å². The number of hydrogen-bond donors (Lipinski definition) is 2. The molecule has 0 atom stereocenters. The number of halogens is 2. The number of nitriles is 1. The molecule has 32 heavy (non-hydrogen) atoms. The number of carbonyl (C=O) groups is 1. The first kappa shape index (κ1) is 22.7. The number of aromatic nitrogens is 4. The largest absolute Gasteiger partial charge is 0.339 e. The Bertz CT molecular complexity index is 1200. The van der Waals surface area contributed by atoms with Crippen molar-refractivity contribution in [3.8, 4) is 17.3 Å². The van der Waals surface area contributed by atoms with Crippen LogP contribution in [0, 0.1) is 11.3 Å². The molecule has 0 radical (unpaired) electrons. The van der Waals surface area contributed by atoms with Crippen molar-refractivity contribution < 1.29 is 13.6 Å². The van der Waals surface area contributed by atoms with Crippen LogP contribution < -0.4 is 10.6 Å². The maximum atomic E-state index is 13.7. The van der Waals surface area contributed by atoms with E-state index in [0.717, 1.165) is 0 Å². The average molecular weight is 437 g/mol. The van der Waals surface area contributed by atoms with Crippen molar-refractivity contribution in [2.45, 2.75) is 39.0 Å². The van der Waals surface area contributed by atoms with Gasteiger partial charge in [0.1, 0.15) is 11.6 Å². The summed E-state index contributed by atoms with van der Waals surface area (Å²) in [6, 6.07) is 10.5. The van der Waals surface area contributed by atoms with E-state index in [1.165, 1.54) is 25.4 Å². The second kappa shape index (κ2) is 8.63. The molecule has 164 valence electrons. The van der Waals surface area contributed by atoms with Crippen LogP contribution in [-0.2, 0) is 16.1 Å². The maximum Gasteiger partial charge on any atom is 0.303 e. The zero-order chi connectivity index (χ0) is 23.5. The second-order valence-corrected chi connectivity index (χ2v) is 7.72. The number of alkyl halides is 2. The van der Waals surface area contributed by atoms with E-state index in [2.05, 4.69) is 36.6 Å². The van der Waals surface area contributed by atoms with Crippen LogP contribution in [0.4, 0.5) is 26.1 Å². The number of rotatable bonds is 6. The summed E-state index contributed by atoms with van der Waals surface area (Å²) in [7, 11) is 0. The van der Waals surface area contributed by atoms with E-state index in [1.807, 2.05) is 0 Å². The van der Waals surface area contributed by atoms with Crippen molar-refractivity contribution in [2.24, 2.45) is 0 Å². The summed E-state index contributed by atoms with van der Waals surface area (Å²) < 4.78 is 27.3. The molecule has 3 rings (SSSR count). The monoisotopic (exact) mass is 437 g/mol. The van der Waals surface area contributed by atoms with Gasteiger partial charge in [-0.05, 0) is 32.0 Å². The summed E-state index contributed by atoms with van der Waals surface area (Å²) in [5.74, 6) is -3.77. The lowest BCUT2D eigenvalue weighted by molar-refractivity contribution is -0.114. The second-order valence-electron chi connectivity index (χ2n) is 7.72. The van der Waals surface area contributed by atoms with E-state index in [1.54, 1.807) is 38.1 Å². The Morgan fingerprint density at radius 2 is 1.84 bits per heavy atom. The lowest BCUT2D eigenvalue weighted by Gasteiger charge is -2.17. The van der Waals surface area contributed by atoms with Crippen molar-refractivity contribution in [3.05, 3.63) is 54.2 Å². The van der Waals surface area contributed by atoms with Gasteiger partial charge >= 0.3 is 5.92 Å². The summed E-state index contributed by atoms with van der Waals surface area (Å²) in [5.41, 5.74) is 1.20. The van der Waals surface area contributed by atoms with E-state index < -0.39 is 17.2 Å². The molecule has 2 N–H and O–H groups in total. The summed E-state index contributed by atoms with van der Waals surface area (Å²) in [6.07, 6.45) is 2.72. The molecule has 0 bridgehead atoms. The molecule has 0 aromatic carbocycles. The third-order valence-corrected chi connectivity index (χ3v) is 4.46. The molecule has 0 spiro atoms. The van der Waals surface area contributed by atoms with Crippen LogP contribution in [0.3, 0.4) is 0 Å². The predicted octanol–water partition coefficient (Wildman–Crippen LogP) is 4.55. The maximum absolute atomic E-state index is 13.7. The quantitative estimate of drug-likeness (QED) is 0.581. The van der Waals surface area contributed by atoms with E-state index in [9.17, 15) is 18.8 Å². The highest BCUT2D eigenvalue weighted by Gasteiger charge is 2.28. The molecular formula is C22H21F2N7O. The van der Waals surface area contributed by atoms with Gasteiger partial charge in [0.2, 0.25) is 11.7 Å². The Balaban J connectivity index is 2.10. The first-order chi connectivity index (χ1) is 15.0. The Morgan fingerprint density at radius 3 is 2.50 bits per heavy atom.